The smallest absolute Gasteiger partial charge is 0.343 e. The van der Waals surface area contributed by atoms with Crippen LogP contribution in [-0.2, 0) is 6.42 Å². The average molecular weight is 333 g/mol. The molecule has 0 aliphatic carbocycles. The van der Waals surface area contributed by atoms with Gasteiger partial charge in [0.15, 0.2) is 0 Å². The fraction of sp³-hybridized carbons (Fsp3) is 0.375. The van der Waals surface area contributed by atoms with Crippen molar-refractivity contribution in [2.75, 3.05) is 13.1 Å². The Morgan fingerprint density at radius 3 is 2.83 bits per heavy atom. The number of aryl methyl sites for hydroxylation is 1. The Labute approximate surface area is 142 Å². The third-order valence-corrected chi connectivity index (χ3v) is 3.33. The summed E-state index contributed by atoms with van der Waals surface area (Å²) < 4.78 is 5.65. The van der Waals surface area contributed by atoms with Crippen LogP contribution in [0.15, 0.2) is 24.4 Å². The number of carbonyl (C=O) groups is 1. The SMILES string of the molecule is BCCc1ccc(OC(C)CNCC(=N)/C=C\N)c(C(=O)O)c1O. The lowest BCUT2D eigenvalue weighted by molar-refractivity contribution is 0.0686. The largest absolute Gasteiger partial charge is 0.507 e. The first-order chi connectivity index (χ1) is 11.4. The summed E-state index contributed by atoms with van der Waals surface area (Å²) in [6.45, 7) is 2.52. The summed E-state index contributed by atoms with van der Waals surface area (Å²) in [4.78, 5) is 11.5. The van der Waals surface area contributed by atoms with E-state index in [1.807, 2.05) is 7.85 Å². The molecule has 1 aromatic carbocycles. The summed E-state index contributed by atoms with van der Waals surface area (Å²) in [6.07, 6.45) is 3.83. The summed E-state index contributed by atoms with van der Waals surface area (Å²) in [6, 6.07) is 3.26. The standard InChI is InChI=1S/C16H24BN3O4/c1-10(8-20-9-12(19)5-7-18)24-13-3-2-11(4-6-17)15(21)14(13)16(22)23/h2-3,5,7,10,19-21H,4,6,8-9,17-18H2,1H3,(H,22,23)/b7-5-,19-12?. The van der Waals surface area contributed by atoms with Gasteiger partial charge in [0.25, 0.3) is 0 Å². The normalized spacial score (nSPS) is 12.2. The Hall–Kier alpha value is -2.48. The predicted molar refractivity (Wildman–Crippen MR) is 96.1 cm³/mol. The maximum atomic E-state index is 11.5. The van der Waals surface area contributed by atoms with E-state index in [1.54, 1.807) is 19.1 Å². The topological polar surface area (TPSA) is 129 Å². The summed E-state index contributed by atoms with van der Waals surface area (Å²) in [5, 5.41) is 30.1. The van der Waals surface area contributed by atoms with Crippen molar-refractivity contribution < 1.29 is 19.7 Å². The number of carboxylic acid groups (broad SMARTS) is 1. The summed E-state index contributed by atoms with van der Waals surface area (Å²) >= 11 is 0. The first-order valence-corrected chi connectivity index (χ1v) is 7.81. The van der Waals surface area contributed by atoms with Gasteiger partial charge in [-0.1, -0.05) is 12.4 Å². The van der Waals surface area contributed by atoms with E-state index in [1.165, 1.54) is 12.3 Å². The zero-order chi connectivity index (χ0) is 18.1. The molecule has 24 heavy (non-hydrogen) atoms. The lowest BCUT2D eigenvalue weighted by atomic mass is 9.95. The van der Waals surface area contributed by atoms with E-state index in [2.05, 4.69) is 5.32 Å². The third-order valence-electron chi connectivity index (χ3n) is 3.33. The van der Waals surface area contributed by atoms with Gasteiger partial charge >= 0.3 is 5.97 Å². The minimum Gasteiger partial charge on any atom is -0.507 e. The number of rotatable bonds is 10. The number of nitrogens with two attached hydrogens (primary N) is 1. The number of benzene rings is 1. The molecule has 8 heteroatoms. The predicted octanol–water partition coefficient (Wildman–Crippen LogP) is 0.533. The Kier molecular flexibility index (Phi) is 7.84. The number of hydrogen-bond acceptors (Lipinski definition) is 6. The minimum atomic E-state index is -1.23. The number of phenols is 1. The van der Waals surface area contributed by atoms with Crippen molar-refractivity contribution in [1.82, 2.24) is 5.32 Å². The molecular weight excluding hydrogens is 309 g/mol. The van der Waals surface area contributed by atoms with Gasteiger partial charge in [-0.05, 0) is 37.3 Å². The maximum absolute atomic E-state index is 11.5. The molecule has 1 rings (SSSR count). The fourth-order valence-electron chi connectivity index (χ4n) is 2.24. The van der Waals surface area contributed by atoms with Crippen molar-refractivity contribution in [3.63, 3.8) is 0 Å². The van der Waals surface area contributed by atoms with Gasteiger partial charge < -0.3 is 31.4 Å². The highest BCUT2D eigenvalue weighted by Gasteiger charge is 2.21. The van der Waals surface area contributed by atoms with Gasteiger partial charge in [-0.3, -0.25) is 0 Å². The molecule has 0 aliphatic heterocycles. The van der Waals surface area contributed by atoms with Crippen molar-refractivity contribution in [3.8, 4) is 11.5 Å². The van der Waals surface area contributed by atoms with Crippen LogP contribution in [0.4, 0.5) is 0 Å². The van der Waals surface area contributed by atoms with Crippen LogP contribution in [0.2, 0.25) is 6.32 Å². The average Bonchev–Trinajstić information content (AvgIpc) is 2.50. The first kappa shape index (κ1) is 19.6. The molecule has 0 saturated carbocycles. The van der Waals surface area contributed by atoms with Crippen molar-refractivity contribution in [2.45, 2.75) is 25.8 Å². The molecule has 0 aromatic heterocycles. The monoisotopic (exact) mass is 333 g/mol. The molecule has 1 atom stereocenters. The molecule has 1 aromatic rings. The molecule has 0 fully saturated rings. The molecule has 0 amide bonds. The van der Waals surface area contributed by atoms with E-state index in [0.29, 0.717) is 30.8 Å². The molecule has 6 N–H and O–H groups in total. The molecule has 130 valence electrons. The molecule has 0 spiro atoms. The van der Waals surface area contributed by atoms with Crippen LogP contribution < -0.4 is 15.8 Å². The fourth-order valence-corrected chi connectivity index (χ4v) is 2.24. The van der Waals surface area contributed by atoms with Gasteiger partial charge in [0.1, 0.15) is 31.0 Å². The number of aromatic carboxylic acids is 1. The lowest BCUT2D eigenvalue weighted by Crippen LogP contribution is -2.32. The molecule has 7 nitrogen and oxygen atoms in total. The van der Waals surface area contributed by atoms with E-state index < -0.39 is 5.97 Å². The zero-order valence-corrected chi connectivity index (χ0v) is 14.0. The zero-order valence-electron chi connectivity index (χ0n) is 14.0. The van der Waals surface area contributed by atoms with Crippen molar-refractivity contribution >= 4 is 19.5 Å². The number of ether oxygens (including phenoxy) is 1. The maximum Gasteiger partial charge on any atom is 0.343 e. The molecule has 0 aliphatic rings. The quantitative estimate of drug-likeness (QED) is 0.314. The number of carboxylic acids is 1. The van der Waals surface area contributed by atoms with Crippen LogP contribution in [0.3, 0.4) is 0 Å². The van der Waals surface area contributed by atoms with Gasteiger partial charge in [0, 0.05) is 18.8 Å². The van der Waals surface area contributed by atoms with Crippen LogP contribution in [0.1, 0.15) is 22.8 Å². The van der Waals surface area contributed by atoms with Crippen molar-refractivity contribution in [2.24, 2.45) is 5.73 Å². The van der Waals surface area contributed by atoms with E-state index >= 15 is 0 Å². The van der Waals surface area contributed by atoms with Gasteiger partial charge in [-0.15, -0.1) is 0 Å². The number of nitrogens with one attached hydrogen (secondary N) is 2. The lowest BCUT2D eigenvalue weighted by Gasteiger charge is -2.18. The van der Waals surface area contributed by atoms with Crippen LogP contribution in [0.25, 0.3) is 0 Å². The summed E-state index contributed by atoms with van der Waals surface area (Å²) in [5.74, 6) is -1.33. The van der Waals surface area contributed by atoms with E-state index in [9.17, 15) is 15.0 Å². The number of aromatic hydroxyl groups is 1. The Balaban J connectivity index is 2.77. The van der Waals surface area contributed by atoms with Crippen LogP contribution >= 0.6 is 0 Å². The third kappa shape index (κ3) is 5.62. The highest BCUT2D eigenvalue weighted by molar-refractivity contribution is 6.08. The van der Waals surface area contributed by atoms with Crippen molar-refractivity contribution in [3.05, 3.63) is 35.5 Å². The van der Waals surface area contributed by atoms with Gasteiger partial charge in [-0.25, -0.2) is 4.79 Å². The molecule has 0 bridgehead atoms. The highest BCUT2D eigenvalue weighted by Crippen LogP contribution is 2.32. The molecule has 0 heterocycles. The van der Waals surface area contributed by atoms with Gasteiger partial charge in [0.2, 0.25) is 0 Å². The molecule has 0 saturated heterocycles. The Bertz CT molecular complexity index is 620. The van der Waals surface area contributed by atoms with E-state index in [-0.39, 0.29) is 23.2 Å². The van der Waals surface area contributed by atoms with Crippen LogP contribution in [0, 0.1) is 5.41 Å². The van der Waals surface area contributed by atoms with Gasteiger partial charge in [-0.2, -0.15) is 0 Å². The highest BCUT2D eigenvalue weighted by atomic mass is 16.5. The second-order valence-corrected chi connectivity index (χ2v) is 5.45. The van der Waals surface area contributed by atoms with Crippen LogP contribution in [-0.4, -0.2) is 48.9 Å². The summed E-state index contributed by atoms with van der Waals surface area (Å²) in [7, 11) is 1.95. The number of hydrogen-bond donors (Lipinski definition) is 5. The molecule has 0 radical (unpaired) electrons. The van der Waals surface area contributed by atoms with Crippen molar-refractivity contribution in [1.29, 1.82) is 5.41 Å². The second kappa shape index (κ2) is 9.62. The van der Waals surface area contributed by atoms with Gasteiger partial charge in [0.05, 0.1) is 0 Å². The van der Waals surface area contributed by atoms with E-state index in [0.717, 1.165) is 6.32 Å². The van der Waals surface area contributed by atoms with E-state index in [4.69, 9.17) is 15.9 Å². The molecular formula is C16H24BN3O4. The van der Waals surface area contributed by atoms with Crippen LogP contribution in [0.5, 0.6) is 11.5 Å². The minimum absolute atomic E-state index is 0.131. The summed E-state index contributed by atoms with van der Waals surface area (Å²) in [5.41, 5.74) is 5.91. The Morgan fingerprint density at radius 1 is 1.54 bits per heavy atom. The molecule has 1 unspecified atom stereocenters. The second-order valence-electron chi connectivity index (χ2n) is 5.45. The first-order valence-electron chi connectivity index (χ1n) is 7.81. The Morgan fingerprint density at radius 2 is 2.25 bits per heavy atom.